The number of hydrogen-bond acceptors (Lipinski definition) is 6. The smallest absolute Gasteiger partial charge is 0.229 e. The summed E-state index contributed by atoms with van der Waals surface area (Å²) in [5.41, 5.74) is 4.14. The molecule has 2 aromatic heterocycles. The molecule has 4 aromatic rings. The molecule has 0 amide bonds. The van der Waals surface area contributed by atoms with Crippen molar-refractivity contribution in [1.82, 2.24) is 19.9 Å². The summed E-state index contributed by atoms with van der Waals surface area (Å²) in [5.74, 6) is 1.08. The number of rotatable bonds is 5. The van der Waals surface area contributed by atoms with Gasteiger partial charge < -0.3 is 20.6 Å². The second-order valence-electron chi connectivity index (χ2n) is 6.11. The zero-order chi connectivity index (χ0) is 19.7. The SMILES string of the molecule is CC(=O)c1ccc(Nc2nc(Nc3ccc4[nH]c(=S)[nH]c4c3)ncc2Br)cc1. The first-order valence-electron chi connectivity index (χ1n) is 8.37. The maximum absolute atomic E-state index is 11.4. The van der Waals surface area contributed by atoms with Crippen molar-refractivity contribution in [2.45, 2.75) is 6.92 Å². The minimum atomic E-state index is 0.0288. The molecule has 0 spiro atoms. The molecule has 140 valence electrons. The number of Topliss-reactive ketones (excluding diaryl/α,β-unsaturated/α-hetero) is 1. The number of hydrogen-bond donors (Lipinski definition) is 4. The largest absolute Gasteiger partial charge is 0.339 e. The second kappa shape index (κ2) is 7.53. The molecule has 4 rings (SSSR count). The first-order valence-corrected chi connectivity index (χ1v) is 9.58. The van der Waals surface area contributed by atoms with E-state index < -0.39 is 0 Å². The van der Waals surface area contributed by atoms with Crippen LogP contribution in [-0.4, -0.2) is 25.7 Å². The summed E-state index contributed by atoms with van der Waals surface area (Å²) in [5, 5.41) is 6.41. The van der Waals surface area contributed by atoms with Crippen LogP contribution in [-0.2, 0) is 0 Å². The molecule has 0 atom stereocenters. The predicted octanol–water partition coefficient (Wildman–Crippen LogP) is 5.47. The number of anilines is 4. The van der Waals surface area contributed by atoms with Gasteiger partial charge >= 0.3 is 0 Å². The first-order chi connectivity index (χ1) is 13.5. The Morgan fingerprint density at radius 1 is 1.04 bits per heavy atom. The Kier molecular flexibility index (Phi) is 4.93. The van der Waals surface area contributed by atoms with Gasteiger partial charge in [-0.15, -0.1) is 0 Å². The fourth-order valence-electron chi connectivity index (χ4n) is 2.68. The van der Waals surface area contributed by atoms with Crippen LogP contribution in [0, 0.1) is 4.77 Å². The summed E-state index contributed by atoms with van der Waals surface area (Å²) in [4.78, 5) is 26.4. The van der Waals surface area contributed by atoms with E-state index in [4.69, 9.17) is 12.2 Å². The lowest BCUT2D eigenvalue weighted by molar-refractivity contribution is 0.101. The highest BCUT2D eigenvalue weighted by Crippen LogP contribution is 2.26. The number of carbonyl (C=O) groups excluding carboxylic acids is 1. The van der Waals surface area contributed by atoms with Crippen LogP contribution in [0.4, 0.5) is 23.1 Å². The molecule has 2 heterocycles. The molecule has 0 radical (unpaired) electrons. The van der Waals surface area contributed by atoms with Crippen LogP contribution >= 0.6 is 28.1 Å². The minimum absolute atomic E-state index is 0.0288. The molecule has 7 nitrogen and oxygen atoms in total. The van der Waals surface area contributed by atoms with Crippen molar-refractivity contribution in [3.63, 3.8) is 0 Å². The molecule has 0 saturated carbocycles. The maximum Gasteiger partial charge on any atom is 0.229 e. The summed E-state index contributed by atoms with van der Waals surface area (Å²) in [7, 11) is 0. The van der Waals surface area contributed by atoms with Crippen LogP contribution < -0.4 is 10.6 Å². The number of carbonyl (C=O) groups is 1. The average Bonchev–Trinajstić information content (AvgIpc) is 3.04. The number of benzene rings is 2. The standard InChI is InChI=1S/C19H15BrN6OS/c1-10(27)11-2-4-12(5-3-11)22-17-14(20)9-21-18(26-17)23-13-6-7-15-16(8-13)25-19(28)24-15/h2-9H,1H3,(H2,24,25,28)(H2,21,22,23,26). The average molecular weight is 455 g/mol. The molecule has 2 aromatic carbocycles. The number of nitrogens with zero attached hydrogens (tertiary/aromatic N) is 2. The lowest BCUT2D eigenvalue weighted by Crippen LogP contribution is -2.02. The zero-order valence-corrected chi connectivity index (χ0v) is 17.1. The molecule has 28 heavy (non-hydrogen) atoms. The molecule has 0 bridgehead atoms. The van der Waals surface area contributed by atoms with Crippen LogP contribution in [0.3, 0.4) is 0 Å². The lowest BCUT2D eigenvalue weighted by Gasteiger charge is -2.10. The molecule has 0 saturated heterocycles. The summed E-state index contributed by atoms with van der Waals surface area (Å²) >= 11 is 8.57. The van der Waals surface area contributed by atoms with Gasteiger partial charge in [0.05, 0.1) is 15.5 Å². The van der Waals surface area contributed by atoms with Crippen molar-refractivity contribution in [3.05, 3.63) is 63.5 Å². The van der Waals surface area contributed by atoms with Gasteiger partial charge in [0, 0.05) is 23.1 Å². The molecule has 4 N–H and O–H groups in total. The van der Waals surface area contributed by atoms with E-state index in [1.54, 1.807) is 25.3 Å². The van der Waals surface area contributed by atoms with Crippen LogP contribution in [0.5, 0.6) is 0 Å². The number of nitrogens with one attached hydrogen (secondary N) is 4. The van der Waals surface area contributed by atoms with Gasteiger partial charge in [-0.3, -0.25) is 4.79 Å². The van der Waals surface area contributed by atoms with Gasteiger partial charge in [-0.05, 0) is 77.5 Å². The van der Waals surface area contributed by atoms with E-state index in [-0.39, 0.29) is 5.78 Å². The van der Waals surface area contributed by atoms with E-state index >= 15 is 0 Å². The van der Waals surface area contributed by atoms with Crippen molar-refractivity contribution in [2.75, 3.05) is 10.6 Å². The summed E-state index contributed by atoms with van der Waals surface area (Å²) in [6.07, 6.45) is 1.67. The highest BCUT2D eigenvalue weighted by molar-refractivity contribution is 9.10. The lowest BCUT2D eigenvalue weighted by atomic mass is 10.1. The molecule has 0 fully saturated rings. The van der Waals surface area contributed by atoms with E-state index in [9.17, 15) is 4.79 Å². The van der Waals surface area contributed by atoms with Crippen LogP contribution in [0.15, 0.2) is 53.1 Å². The van der Waals surface area contributed by atoms with Crippen molar-refractivity contribution in [2.24, 2.45) is 0 Å². The van der Waals surface area contributed by atoms with Gasteiger partial charge in [-0.1, -0.05) is 0 Å². The highest BCUT2D eigenvalue weighted by atomic mass is 79.9. The van der Waals surface area contributed by atoms with Gasteiger partial charge in [-0.2, -0.15) is 4.98 Å². The Morgan fingerprint density at radius 3 is 2.50 bits per heavy atom. The van der Waals surface area contributed by atoms with Crippen LogP contribution in [0.1, 0.15) is 17.3 Å². The molecule has 0 unspecified atom stereocenters. The summed E-state index contributed by atoms with van der Waals surface area (Å²) in [6.45, 7) is 1.54. The number of H-pyrrole nitrogens is 2. The van der Waals surface area contributed by atoms with Crippen LogP contribution in [0.25, 0.3) is 11.0 Å². The van der Waals surface area contributed by atoms with Crippen molar-refractivity contribution < 1.29 is 4.79 Å². The molecule has 0 aliphatic carbocycles. The quantitative estimate of drug-likeness (QED) is 0.235. The summed E-state index contributed by atoms with van der Waals surface area (Å²) < 4.78 is 1.30. The van der Waals surface area contributed by atoms with E-state index in [1.807, 2.05) is 30.3 Å². The first kappa shape index (κ1) is 18.3. The van der Waals surface area contributed by atoms with Crippen molar-refractivity contribution >= 4 is 68.1 Å². The minimum Gasteiger partial charge on any atom is -0.339 e. The van der Waals surface area contributed by atoms with Gasteiger partial charge in [0.15, 0.2) is 10.6 Å². The predicted molar refractivity (Wildman–Crippen MR) is 116 cm³/mol. The number of fused-ring (bicyclic) bond motifs is 1. The molecule has 0 aliphatic rings. The Morgan fingerprint density at radius 2 is 1.75 bits per heavy atom. The van der Waals surface area contributed by atoms with Gasteiger partial charge in [0.1, 0.15) is 5.82 Å². The Bertz CT molecular complexity index is 1230. The maximum atomic E-state index is 11.4. The molecule has 0 aliphatic heterocycles. The van der Waals surface area contributed by atoms with E-state index in [0.717, 1.165) is 26.9 Å². The van der Waals surface area contributed by atoms with Gasteiger partial charge in [0.25, 0.3) is 0 Å². The number of imidazole rings is 1. The molecular formula is C19H15BrN6OS. The number of halogens is 1. The third-order valence-electron chi connectivity index (χ3n) is 4.07. The number of aromatic nitrogens is 4. The van der Waals surface area contributed by atoms with Crippen LogP contribution in [0.2, 0.25) is 0 Å². The topological polar surface area (TPSA) is 98.5 Å². The zero-order valence-electron chi connectivity index (χ0n) is 14.7. The Labute approximate surface area is 173 Å². The van der Waals surface area contributed by atoms with Gasteiger partial charge in [0.2, 0.25) is 5.95 Å². The third-order valence-corrected chi connectivity index (χ3v) is 4.85. The molecular weight excluding hydrogens is 440 g/mol. The van der Waals surface area contributed by atoms with Crippen molar-refractivity contribution in [1.29, 1.82) is 0 Å². The Balaban J connectivity index is 1.57. The summed E-state index contributed by atoms with van der Waals surface area (Å²) in [6, 6.07) is 13.0. The van der Waals surface area contributed by atoms with E-state index in [0.29, 0.717) is 22.1 Å². The van der Waals surface area contributed by atoms with E-state index in [1.165, 1.54) is 0 Å². The monoisotopic (exact) mass is 454 g/mol. The number of aromatic amines is 2. The molecule has 9 heteroatoms. The normalized spacial score (nSPS) is 10.8. The van der Waals surface area contributed by atoms with Gasteiger partial charge in [-0.25, -0.2) is 4.98 Å². The Hall–Kier alpha value is -3.04. The fraction of sp³-hybridized carbons (Fsp3) is 0.0526. The van der Waals surface area contributed by atoms with E-state index in [2.05, 4.69) is 46.5 Å². The highest BCUT2D eigenvalue weighted by Gasteiger charge is 2.08. The van der Waals surface area contributed by atoms with Crippen molar-refractivity contribution in [3.8, 4) is 0 Å². The number of ketones is 1. The fourth-order valence-corrected chi connectivity index (χ4v) is 3.19. The third kappa shape index (κ3) is 3.95. The second-order valence-corrected chi connectivity index (χ2v) is 7.38.